The zero-order chi connectivity index (χ0) is 23.4. The summed E-state index contributed by atoms with van der Waals surface area (Å²) in [5.74, 6) is -1.16. The fourth-order valence-corrected chi connectivity index (χ4v) is 4.78. The molecule has 3 aromatic rings. The Hall–Kier alpha value is -3.52. The molecule has 0 radical (unpaired) electrons. The average Bonchev–Trinajstić information content (AvgIpc) is 3.44. The van der Waals surface area contributed by atoms with Gasteiger partial charge in [0.05, 0.1) is 17.3 Å². The van der Waals surface area contributed by atoms with Crippen LogP contribution in [0, 0.1) is 5.92 Å². The highest BCUT2D eigenvalue weighted by Crippen LogP contribution is 2.31. The molecular weight excluding hydrogens is 438 g/mol. The Labute approximate surface area is 196 Å². The van der Waals surface area contributed by atoms with Crippen molar-refractivity contribution in [2.24, 2.45) is 5.92 Å². The van der Waals surface area contributed by atoms with Crippen LogP contribution in [0.1, 0.15) is 31.5 Å². The van der Waals surface area contributed by atoms with E-state index in [9.17, 15) is 14.4 Å². The summed E-state index contributed by atoms with van der Waals surface area (Å²) in [7, 11) is 0. The number of nitrogens with zero attached hydrogens (tertiary/aromatic N) is 3. The zero-order valence-electron chi connectivity index (χ0n) is 18.6. The number of ether oxygens (including phenoxy) is 1. The molecule has 1 fully saturated rings. The van der Waals surface area contributed by atoms with Gasteiger partial charge in [-0.25, -0.2) is 4.98 Å². The standard InChI is InChI=1S/C25H25N3O4S/c1-3-18-9-7-8-12-22(18)27-14-19(13-23(27)30)24(31)32-15-20-16-33-25(26-20)28(17(2)29)21-10-5-4-6-11-21/h4-12,16,19H,3,13-15H2,1-2H3/t19-/m0/s1. The maximum Gasteiger partial charge on any atom is 0.311 e. The highest BCUT2D eigenvalue weighted by atomic mass is 32.1. The summed E-state index contributed by atoms with van der Waals surface area (Å²) in [4.78, 5) is 45.1. The number of benzene rings is 2. The van der Waals surface area contributed by atoms with Gasteiger partial charge in [0.25, 0.3) is 0 Å². The van der Waals surface area contributed by atoms with Crippen molar-refractivity contribution in [3.63, 3.8) is 0 Å². The molecular formula is C25H25N3O4S. The zero-order valence-corrected chi connectivity index (χ0v) is 19.4. The van der Waals surface area contributed by atoms with Crippen molar-refractivity contribution < 1.29 is 19.1 Å². The lowest BCUT2D eigenvalue weighted by atomic mass is 10.1. The van der Waals surface area contributed by atoms with Crippen molar-refractivity contribution in [3.05, 3.63) is 71.2 Å². The molecule has 0 aliphatic carbocycles. The van der Waals surface area contributed by atoms with Crippen molar-refractivity contribution in [1.82, 2.24) is 4.98 Å². The van der Waals surface area contributed by atoms with Crippen LogP contribution in [0.2, 0.25) is 0 Å². The van der Waals surface area contributed by atoms with Crippen LogP contribution in [0.4, 0.5) is 16.5 Å². The number of aromatic nitrogens is 1. The minimum Gasteiger partial charge on any atom is -0.459 e. The molecule has 1 aliphatic rings. The molecule has 0 bridgehead atoms. The van der Waals surface area contributed by atoms with Gasteiger partial charge in [0, 0.05) is 31.0 Å². The maximum absolute atomic E-state index is 12.7. The average molecular weight is 464 g/mol. The highest BCUT2D eigenvalue weighted by molar-refractivity contribution is 7.14. The van der Waals surface area contributed by atoms with E-state index in [1.54, 1.807) is 10.3 Å². The van der Waals surface area contributed by atoms with Crippen LogP contribution in [0.25, 0.3) is 0 Å². The smallest absolute Gasteiger partial charge is 0.311 e. The Balaban J connectivity index is 1.39. The number of rotatable bonds is 7. The molecule has 33 heavy (non-hydrogen) atoms. The Morgan fingerprint density at radius 1 is 1.15 bits per heavy atom. The number of thiazole rings is 1. The first-order valence-corrected chi connectivity index (χ1v) is 11.7. The number of para-hydroxylation sites is 2. The fourth-order valence-electron chi connectivity index (χ4n) is 3.90. The van der Waals surface area contributed by atoms with E-state index in [1.165, 1.54) is 23.2 Å². The van der Waals surface area contributed by atoms with Gasteiger partial charge in [-0.05, 0) is 30.2 Å². The lowest BCUT2D eigenvalue weighted by Gasteiger charge is -2.19. The monoisotopic (exact) mass is 463 g/mol. The number of amides is 2. The van der Waals surface area contributed by atoms with Crippen molar-refractivity contribution in [1.29, 1.82) is 0 Å². The molecule has 8 heteroatoms. The molecule has 0 unspecified atom stereocenters. The molecule has 1 atom stereocenters. The largest absolute Gasteiger partial charge is 0.459 e. The van der Waals surface area contributed by atoms with Gasteiger partial charge in [0.2, 0.25) is 11.8 Å². The molecule has 7 nitrogen and oxygen atoms in total. The lowest BCUT2D eigenvalue weighted by molar-refractivity contribution is -0.149. The molecule has 2 aromatic carbocycles. The first kappa shape index (κ1) is 22.7. The predicted octanol–water partition coefficient (Wildman–Crippen LogP) is 4.49. The minimum atomic E-state index is -0.515. The number of carbonyl (C=O) groups is 3. The van der Waals surface area contributed by atoms with Crippen LogP contribution in [-0.4, -0.2) is 29.3 Å². The first-order valence-electron chi connectivity index (χ1n) is 10.8. The Morgan fingerprint density at radius 3 is 2.61 bits per heavy atom. The minimum absolute atomic E-state index is 0.00783. The van der Waals surface area contributed by atoms with Gasteiger partial charge in [-0.15, -0.1) is 11.3 Å². The summed E-state index contributed by atoms with van der Waals surface area (Å²) in [6.07, 6.45) is 0.937. The van der Waals surface area contributed by atoms with Crippen LogP contribution in [0.5, 0.6) is 0 Å². The molecule has 1 saturated heterocycles. The Bertz CT molecular complexity index is 1160. The third-order valence-electron chi connectivity index (χ3n) is 5.54. The number of hydrogen-bond donors (Lipinski definition) is 0. The number of esters is 1. The SMILES string of the molecule is CCc1ccccc1N1C[C@@H](C(=O)OCc2csc(N(C(C)=O)c3ccccc3)n2)CC1=O. The van der Waals surface area contributed by atoms with Gasteiger partial charge in [-0.2, -0.15) is 0 Å². The quantitative estimate of drug-likeness (QED) is 0.483. The van der Waals surface area contributed by atoms with Crippen molar-refractivity contribution in [3.8, 4) is 0 Å². The summed E-state index contributed by atoms with van der Waals surface area (Å²) in [5.41, 5.74) is 3.21. The Morgan fingerprint density at radius 2 is 1.88 bits per heavy atom. The van der Waals surface area contributed by atoms with Crippen LogP contribution >= 0.6 is 11.3 Å². The van der Waals surface area contributed by atoms with E-state index in [0.717, 1.165) is 23.4 Å². The normalized spacial score (nSPS) is 15.5. The second-order valence-corrected chi connectivity index (χ2v) is 8.64. The number of carbonyl (C=O) groups excluding carboxylic acids is 3. The highest BCUT2D eigenvalue weighted by Gasteiger charge is 2.36. The van der Waals surface area contributed by atoms with Gasteiger partial charge >= 0.3 is 5.97 Å². The molecule has 2 heterocycles. The van der Waals surface area contributed by atoms with Crippen LogP contribution in [0.15, 0.2) is 60.0 Å². The van der Waals surface area contributed by atoms with Crippen molar-refractivity contribution in [2.45, 2.75) is 33.3 Å². The van der Waals surface area contributed by atoms with E-state index in [-0.39, 0.29) is 24.8 Å². The third-order valence-corrected chi connectivity index (χ3v) is 6.42. The predicted molar refractivity (Wildman–Crippen MR) is 127 cm³/mol. The Kier molecular flexibility index (Phi) is 6.84. The molecule has 0 saturated carbocycles. The third kappa shape index (κ3) is 4.96. The van der Waals surface area contributed by atoms with E-state index in [4.69, 9.17) is 4.74 Å². The second-order valence-electron chi connectivity index (χ2n) is 7.81. The summed E-state index contributed by atoms with van der Waals surface area (Å²) in [6.45, 7) is 3.82. The van der Waals surface area contributed by atoms with Gasteiger partial charge in [-0.3, -0.25) is 19.3 Å². The van der Waals surface area contributed by atoms with Gasteiger partial charge in [0.15, 0.2) is 5.13 Å². The maximum atomic E-state index is 12.7. The fraction of sp³-hybridized carbons (Fsp3) is 0.280. The molecule has 4 rings (SSSR count). The molecule has 0 N–H and O–H groups in total. The van der Waals surface area contributed by atoms with Gasteiger partial charge in [-0.1, -0.05) is 43.3 Å². The van der Waals surface area contributed by atoms with E-state index < -0.39 is 11.9 Å². The molecule has 170 valence electrons. The van der Waals surface area contributed by atoms with Crippen molar-refractivity contribution in [2.75, 3.05) is 16.3 Å². The van der Waals surface area contributed by atoms with E-state index in [0.29, 0.717) is 17.4 Å². The molecule has 1 aliphatic heterocycles. The number of anilines is 3. The molecule has 0 spiro atoms. The molecule has 2 amide bonds. The second kappa shape index (κ2) is 9.95. The summed E-state index contributed by atoms with van der Waals surface area (Å²) in [6, 6.07) is 17.0. The van der Waals surface area contributed by atoms with Gasteiger partial charge < -0.3 is 9.64 Å². The van der Waals surface area contributed by atoms with Crippen LogP contribution < -0.4 is 9.80 Å². The van der Waals surface area contributed by atoms with E-state index >= 15 is 0 Å². The van der Waals surface area contributed by atoms with Crippen LogP contribution in [0.3, 0.4) is 0 Å². The van der Waals surface area contributed by atoms with E-state index in [1.807, 2.05) is 61.5 Å². The lowest BCUT2D eigenvalue weighted by Crippen LogP contribution is -2.27. The summed E-state index contributed by atoms with van der Waals surface area (Å²) in [5, 5.41) is 2.28. The number of hydrogen-bond acceptors (Lipinski definition) is 6. The van der Waals surface area contributed by atoms with Crippen molar-refractivity contribution >= 4 is 45.6 Å². The summed E-state index contributed by atoms with van der Waals surface area (Å²) < 4.78 is 5.48. The molecule has 1 aromatic heterocycles. The first-order chi connectivity index (χ1) is 16.0. The van der Waals surface area contributed by atoms with Gasteiger partial charge in [0.1, 0.15) is 6.61 Å². The number of aryl methyl sites for hydroxylation is 1. The summed E-state index contributed by atoms with van der Waals surface area (Å²) >= 11 is 1.31. The van der Waals surface area contributed by atoms with Crippen LogP contribution in [-0.2, 0) is 32.1 Å². The van der Waals surface area contributed by atoms with E-state index in [2.05, 4.69) is 4.98 Å². The topological polar surface area (TPSA) is 79.8 Å².